The van der Waals surface area contributed by atoms with Gasteiger partial charge < -0.3 is 9.40 Å². The first-order chi connectivity index (χ1) is 13.1. The third-order valence-corrected chi connectivity index (χ3v) is 5.46. The lowest BCUT2D eigenvalue weighted by Crippen LogP contribution is -2.31. The van der Waals surface area contributed by atoms with E-state index in [2.05, 4.69) is 35.9 Å². The molecule has 0 aliphatic heterocycles. The van der Waals surface area contributed by atoms with Gasteiger partial charge in [-0.15, -0.1) is 11.3 Å². The van der Waals surface area contributed by atoms with E-state index in [4.69, 9.17) is 9.40 Å². The Labute approximate surface area is 161 Å². The predicted molar refractivity (Wildman–Crippen MR) is 109 cm³/mol. The van der Waals surface area contributed by atoms with Crippen molar-refractivity contribution in [2.75, 3.05) is 0 Å². The lowest BCUT2D eigenvalue weighted by atomic mass is 10.2. The summed E-state index contributed by atoms with van der Waals surface area (Å²) in [7, 11) is 0. The maximum absolute atomic E-state index is 12.7. The smallest absolute Gasteiger partial charge is 0.260 e. The number of benzene rings is 1. The van der Waals surface area contributed by atoms with Gasteiger partial charge in [-0.1, -0.05) is 30.3 Å². The Bertz CT molecular complexity index is 1080. The second-order valence-corrected chi connectivity index (χ2v) is 7.66. The Morgan fingerprint density at radius 1 is 1.15 bits per heavy atom. The molecule has 0 spiro atoms. The van der Waals surface area contributed by atoms with Gasteiger partial charge in [0.2, 0.25) is 0 Å². The quantitative estimate of drug-likeness (QED) is 0.529. The van der Waals surface area contributed by atoms with Crippen LogP contribution in [0.2, 0.25) is 0 Å². The molecule has 3 heterocycles. The molecule has 27 heavy (non-hydrogen) atoms. The molecular weight excluding hydrogens is 358 g/mol. The van der Waals surface area contributed by atoms with Gasteiger partial charge in [0, 0.05) is 23.5 Å². The molecular formula is C21H21N3O2S. The van der Waals surface area contributed by atoms with Crippen LogP contribution in [0, 0.1) is 0 Å². The molecule has 4 rings (SSSR count). The summed E-state index contributed by atoms with van der Waals surface area (Å²) in [6, 6.07) is 14.3. The van der Waals surface area contributed by atoms with E-state index in [1.54, 1.807) is 6.26 Å². The van der Waals surface area contributed by atoms with Crippen LogP contribution in [0.4, 0.5) is 0 Å². The van der Waals surface area contributed by atoms with Crippen molar-refractivity contribution in [3.8, 4) is 11.3 Å². The number of hydrogen-bond donors (Lipinski definition) is 1. The van der Waals surface area contributed by atoms with Crippen LogP contribution < -0.4 is 5.56 Å². The first-order valence-corrected chi connectivity index (χ1v) is 9.82. The fraction of sp³-hybridized carbons (Fsp3) is 0.238. The first-order valence-electron chi connectivity index (χ1n) is 8.94. The molecule has 0 saturated carbocycles. The Hall–Kier alpha value is -2.70. The van der Waals surface area contributed by atoms with Crippen LogP contribution in [-0.2, 0) is 13.1 Å². The summed E-state index contributed by atoms with van der Waals surface area (Å²) >= 11 is 1.47. The molecule has 5 nitrogen and oxygen atoms in total. The van der Waals surface area contributed by atoms with Crippen molar-refractivity contribution in [2.24, 2.45) is 0 Å². The number of nitrogens with zero attached hydrogens (tertiary/aromatic N) is 2. The van der Waals surface area contributed by atoms with Gasteiger partial charge in [-0.25, -0.2) is 4.98 Å². The maximum atomic E-state index is 12.7. The van der Waals surface area contributed by atoms with Crippen LogP contribution in [0.3, 0.4) is 0 Å². The zero-order valence-electron chi connectivity index (χ0n) is 15.3. The Kier molecular flexibility index (Phi) is 4.92. The van der Waals surface area contributed by atoms with E-state index in [1.165, 1.54) is 16.9 Å². The fourth-order valence-electron chi connectivity index (χ4n) is 3.11. The van der Waals surface area contributed by atoms with Gasteiger partial charge in [-0.2, -0.15) is 0 Å². The minimum absolute atomic E-state index is 0.119. The lowest BCUT2D eigenvalue weighted by Gasteiger charge is -2.26. The molecule has 0 fully saturated rings. The number of rotatable bonds is 6. The second kappa shape index (κ2) is 7.50. The lowest BCUT2D eigenvalue weighted by molar-refractivity contribution is 0.198. The van der Waals surface area contributed by atoms with Crippen molar-refractivity contribution < 1.29 is 4.42 Å². The molecule has 6 heteroatoms. The molecule has 0 aliphatic carbocycles. The minimum atomic E-state index is -0.119. The molecule has 0 saturated heterocycles. The third kappa shape index (κ3) is 3.72. The van der Waals surface area contributed by atoms with Crippen LogP contribution in [0.1, 0.15) is 25.2 Å². The topological polar surface area (TPSA) is 62.1 Å². The van der Waals surface area contributed by atoms with Crippen LogP contribution in [0.15, 0.2) is 63.3 Å². The van der Waals surface area contributed by atoms with Crippen LogP contribution >= 0.6 is 11.3 Å². The van der Waals surface area contributed by atoms with E-state index in [0.717, 1.165) is 16.9 Å². The van der Waals surface area contributed by atoms with Gasteiger partial charge in [-0.3, -0.25) is 9.69 Å². The van der Waals surface area contributed by atoms with Crippen LogP contribution in [0.5, 0.6) is 0 Å². The number of aromatic nitrogens is 2. The number of H-pyrrole nitrogens is 1. The van der Waals surface area contributed by atoms with Crippen LogP contribution in [0.25, 0.3) is 21.5 Å². The highest BCUT2D eigenvalue weighted by Crippen LogP contribution is 2.31. The monoisotopic (exact) mass is 379 g/mol. The van der Waals surface area contributed by atoms with Gasteiger partial charge >= 0.3 is 0 Å². The molecule has 4 aromatic rings. The average molecular weight is 379 g/mol. The van der Waals surface area contributed by atoms with E-state index in [9.17, 15) is 4.79 Å². The molecule has 1 aromatic carbocycles. The van der Waals surface area contributed by atoms with Crippen molar-refractivity contribution in [2.45, 2.75) is 33.0 Å². The van der Waals surface area contributed by atoms with Gasteiger partial charge in [0.15, 0.2) is 0 Å². The summed E-state index contributed by atoms with van der Waals surface area (Å²) in [6.45, 7) is 5.70. The number of aromatic amines is 1. The third-order valence-electron chi connectivity index (χ3n) is 4.59. The summed E-state index contributed by atoms with van der Waals surface area (Å²) in [6.07, 6.45) is 1.61. The standard InChI is InChI=1S/C21H21N3O2S/c1-14(2)24(11-15-7-4-3-5-8-15)12-18-22-20(25)19-16(13-27-21(19)23-18)17-9-6-10-26-17/h3-10,13-14H,11-12H2,1-2H3,(H,22,23,25). The normalized spacial score (nSPS) is 11.7. The van der Waals surface area contributed by atoms with E-state index in [-0.39, 0.29) is 5.56 Å². The molecule has 3 aromatic heterocycles. The number of thiophene rings is 1. The number of hydrogen-bond acceptors (Lipinski definition) is 5. The summed E-state index contributed by atoms with van der Waals surface area (Å²) in [5.74, 6) is 1.37. The Morgan fingerprint density at radius 3 is 2.67 bits per heavy atom. The highest BCUT2D eigenvalue weighted by atomic mass is 32.1. The minimum Gasteiger partial charge on any atom is -0.464 e. The SMILES string of the molecule is CC(C)N(Cc1ccccc1)Cc1nc2scc(-c3ccco3)c2c(=O)[nH]1. The van der Waals surface area contributed by atoms with Crippen molar-refractivity contribution in [3.63, 3.8) is 0 Å². The highest BCUT2D eigenvalue weighted by molar-refractivity contribution is 7.17. The fourth-order valence-corrected chi connectivity index (χ4v) is 4.06. The molecule has 0 radical (unpaired) electrons. The van der Waals surface area contributed by atoms with E-state index < -0.39 is 0 Å². The van der Waals surface area contributed by atoms with Gasteiger partial charge in [-0.05, 0) is 31.5 Å². The molecule has 0 unspecified atom stereocenters. The van der Waals surface area contributed by atoms with Crippen molar-refractivity contribution in [1.82, 2.24) is 14.9 Å². The summed E-state index contributed by atoms with van der Waals surface area (Å²) in [5, 5.41) is 2.53. The summed E-state index contributed by atoms with van der Waals surface area (Å²) in [4.78, 5) is 23.4. The average Bonchev–Trinajstić information content (AvgIpc) is 3.31. The number of nitrogens with one attached hydrogen (secondary N) is 1. The van der Waals surface area contributed by atoms with Crippen molar-refractivity contribution in [3.05, 3.63) is 75.8 Å². The molecule has 1 N–H and O–H groups in total. The number of fused-ring (bicyclic) bond motifs is 1. The molecule has 0 aliphatic rings. The summed E-state index contributed by atoms with van der Waals surface area (Å²) in [5.41, 5.74) is 1.92. The van der Waals surface area contributed by atoms with Gasteiger partial charge in [0.05, 0.1) is 18.2 Å². The molecule has 0 atom stereocenters. The van der Waals surface area contributed by atoms with Crippen LogP contribution in [-0.4, -0.2) is 20.9 Å². The van der Waals surface area contributed by atoms with E-state index in [0.29, 0.717) is 29.6 Å². The van der Waals surface area contributed by atoms with Crippen molar-refractivity contribution >= 4 is 21.6 Å². The zero-order chi connectivity index (χ0) is 18.8. The van der Waals surface area contributed by atoms with E-state index >= 15 is 0 Å². The predicted octanol–water partition coefficient (Wildman–Crippen LogP) is 4.66. The van der Waals surface area contributed by atoms with Gasteiger partial charge in [0.1, 0.15) is 16.4 Å². The number of furan rings is 1. The molecule has 0 amide bonds. The maximum Gasteiger partial charge on any atom is 0.260 e. The summed E-state index contributed by atoms with van der Waals surface area (Å²) < 4.78 is 5.45. The van der Waals surface area contributed by atoms with E-state index in [1.807, 2.05) is 35.7 Å². The van der Waals surface area contributed by atoms with Crippen molar-refractivity contribution in [1.29, 1.82) is 0 Å². The largest absolute Gasteiger partial charge is 0.464 e. The molecule has 0 bridgehead atoms. The second-order valence-electron chi connectivity index (χ2n) is 6.80. The first kappa shape index (κ1) is 17.7. The van der Waals surface area contributed by atoms with Gasteiger partial charge in [0.25, 0.3) is 5.56 Å². The Morgan fingerprint density at radius 2 is 1.96 bits per heavy atom. The Balaban J connectivity index is 1.64. The zero-order valence-corrected chi connectivity index (χ0v) is 16.1. The highest BCUT2D eigenvalue weighted by Gasteiger charge is 2.17. The molecule has 138 valence electrons.